The average Bonchev–Trinajstić information content (AvgIpc) is 2.86. The maximum absolute atomic E-state index is 11.5. The van der Waals surface area contributed by atoms with Crippen molar-refractivity contribution in [1.82, 2.24) is 0 Å². The molecular weight excluding hydrogens is 200 g/mol. The fraction of sp³-hybridized carbons (Fsp3) is 0.786. The van der Waals surface area contributed by atoms with Crippen LogP contribution in [0.25, 0.3) is 0 Å². The zero-order chi connectivity index (χ0) is 11.3. The molecule has 0 spiro atoms. The monoisotopic (exact) mass is 220 g/mol. The molecule has 0 saturated heterocycles. The summed E-state index contributed by atoms with van der Waals surface area (Å²) in [5.41, 5.74) is 0.528. The molecule has 88 valence electrons. The van der Waals surface area contributed by atoms with Crippen molar-refractivity contribution in [2.45, 2.75) is 45.1 Å². The number of rotatable bonds is 2. The van der Waals surface area contributed by atoms with Crippen LogP contribution in [0, 0.1) is 23.7 Å². The summed E-state index contributed by atoms with van der Waals surface area (Å²) in [6.07, 6.45) is 6.72. The average molecular weight is 220 g/mol. The maximum Gasteiger partial charge on any atom is 0.333 e. The van der Waals surface area contributed by atoms with Crippen LogP contribution in [0.3, 0.4) is 0 Å². The second kappa shape index (κ2) is 3.61. The predicted molar refractivity (Wildman–Crippen MR) is 61.7 cm³/mol. The number of esters is 1. The van der Waals surface area contributed by atoms with Gasteiger partial charge in [0.25, 0.3) is 0 Å². The van der Waals surface area contributed by atoms with E-state index < -0.39 is 0 Å². The highest BCUT2D eigenvalue weighted by Gasteiger charge is 2.52. The first-order valence-corrected chi connectivity index (χ1v) is 6.51. The zero-order valence-electron chi connectivity index (χ0n) is 9.95. The molecule has 0 heterocycles. The van der Waals surface area contributed by atoms with Crippen LogP contribution in [-0.4, -0.2) is 12.1 Å². The third-order valence-electron chi connectivity index (χ3n) is 4.97. The van der Waals surface area contributed by atoms with E-state index in [9.17, 15) is 4.79 Å². The van der Waals surface area contributed by atoms with Crippen LogP contribution in [0.5, 0.6) is 0 Å². The van der Waals surface area contributed by atoms with E-state index in [1.807, 2.05) is 0 Å². The van der Waals surface area contributed by atoms with Crippen LogP contribution in [0.15, 0.2) is 12.2 Å². The van der Waals surface area contributed by atoms with Gasteiger partial charge >= 0.3 is 5.97 Å². The molecule has 2 heteroatoms. The fourth-order valence-corrected chi connectivity index (χ4v) is 4.32. The number of carbonyl (C=O) groups excluding carboxylic acids is 1. The van der Waals surface area contributed by atoms with Gasteiger partial charge in [-0.2, -0.15) is 0 Å². The molecule has 5 atom stereocenters. The summed E-state index contributed by atoms with van der Waals surface area (Å²) in [5, 5.41) is 0. The topological polar surface area (TPSA) is 26.3 Å². The Hall–Kier alpha value is -0.790. The van der Waals surface area contributed by atoms with Gasteiger partial charge in [-0.05, 0) is 62.7 Å². The SMILES string of the molecule is C=C(C)C(=O)OC1CC2C(C1)[C@H]1CC[C@@H]2C1. The normalized spacial score (nSPS) is 44.4. The van der Waals surface area contributed by atoms with Crippen molar-refractivity contribution in [3.63, 3.8) is 0 Å². The lowest BCUT2D eigenvalue weighted by molar-refractivity contribution is -0.144. The van der Waals surface area contributed by atoms with E-state index in [2.05, 4.69) is 6.58 Å². The molecule has 3 aliphatic carbocycles. The smallest absolute Gasteiger partial charge is 0.333 e. The van der Waals surface area contributed by atoms with E-state index in [1.54, 1.807) is 6.92 Å². The van der Waals surface area contributed by atoms with Gasteiger partial charge in [-0.3, -0.25) is 0 Å². The lowest BCUT2D eigenvalue weighted by Gasteiger charge is -2.23. The third-order valence-corrected chi connectivity index (χ3v) is 4.97. The molecule has 0 radical (unpaired) electrons. The Morgan fingerprint density at radius 2 is 1.69 bits per heavy atom. The Morgan fingerprint density at radius 1 is 1.12 bits per heavy atom. The molecule has 2 nitrogen and oxygen atoms in total. The van der Waals surface area contributed by atoms with Crippen LogP contribution in [0.1, 0.15) is 39.0 Å². The summed E-state index contributed by atoms with van der Waals surface area (Å²) < 4.78 is 5.50. The van der Waals surface area contributed by atoms with E-state index in [0.717, 1.165) is 36.5 Å². The number of carbonyl (C=O) groups is 1. The van der Waals surface area contributed by atoms with E-state index >= 15 is 0 Å². The van der Waals surface area contributed by atoms with Crippen molar-refractivity contribution in [2.24, 2.45) is 23.7 Å². The molecule has 0 N–H and O–H groups in total. The van der Waals surface area contributed by atoms with Gasteiger partial charge in [-0.15, -0.1) is 0 Å². The van der Waals surface area contributed by atoms with Crippen molar-refractivity contribution in [3.8, 4) is 0 Å². The van der Waals surface area contributed by atoms with Crippen LogP contribution < -0.4 is 0 Å². The zero-order valence-corrected chi connectivity index (χ0v) is 9.95. The summed E-state index contributed by atoms with van der Waals surface area (Å²) in [6, 6.07) is 0. The second-order valence-corrected chi connectivity index (χ2v) is 5.94. The highest BCUT2D eigenvalue weighted by Crippen LogP contribution is 2.59. The van der Waals surface area contributed by atoms with Crippen LogP contribution in [0.4, 0.5) is 0 Å². The van der Waals surface area contributed by atoms with Crippen molar-refractivity contribution >= 4 is 5.97 Å². The van der Waals surface area contributed by atoms with E-state index in [4.69, 9.17) is 4.74 Å². The Bertz CT molecular complexity index is 316. The van der Waals surface area contributed by atoms with Gasteiger partial charge < -0.3 is 4.74 Å². The molecule has 2 bridgehead atoms. The van der Waals surface area contributed by atoms with E-state index in [0.29, 0.717) is 5.57 Å². The van der Waals surface area contributed by atoms with Crippen LogP contribution in [0.2, 0.25) is 0 Å². The minimum atomic E-state index is -0.197. The summed E-state index contributed by atoms with van der Waals surface area (Å²) in [5.74, 6) is 3.42. The van der Waals surface area contributed by atoms with Crippen molar-refractivity contribution in [2.75, 3.05) is 0 Å². The summed E-state index contributed by atoms with van der Waals surface area (Å²) in [7, 11) is 0. The van der Waals surface area contributed by atoms with E-state index in [-0.39, 0.29) is 12.1 Å². The van der Waals surface area contributed by atoms with Gasteiger partial charge in [0.05, 0.1) is 0 Å². The molecule has 0 aliphatic heterocycles. The predicted octanol–water partition coefficient (Wildman–Crippen LogP) is 2.93. The number of ether oxygens (including phenoxy) is 1. The lowest BCUT2D eigenvalue weighted by atomic mass is 9.82. The molecule has 3 rings (SSSR count). The van der Waals surface area contributed by atoms with Crippen molar-refractivity contribution < 1.29 is 9.53 Å². The number of fused-ring (bicyclic) bond motifs is 5. The molecular formula is C14H20O2. The van der Waals surface area contributed by atoms with Gasteiger partial charge in [0.1, 0.15) is 6.10 Å². The molecule has 0 amide bonds. The fourth-order valence-electron chi connectivity index (χ4n) is 4.32. The summed E-state index contributed by atoms with van der Waals surface area (Å²) >= 11 is 0. The molecule has 3 fully saturated rings. The molecule has 3 unspecified atom stereocenters. The standard InChI is InChI=1S/C14H20O2/c1-8(2)14(15)16-11-6-12-9-3-4-10(5-9)13(12)7-11/h9-13H,1,3-7H2,2H3/t9-,10+,11?,12?,13?. The summed E-state index contributed by atoms with van der Waals surface area (Å²) in [6.45, 7) is 5.36. The number of hydrogen-bond donors (Lipinski definition) is 0. The van der Waals surface area contributed by atoms with Crippen molar-refractivity contribution in [3.05, 3.63) is 12.2 Å². The largest absolute Gasteiger partial charge is 0.459 e. The first-order valence-electron chi connectivity index (χ1n) is 6.51. The Balaban J connectivity index is 1.62. The first-order chi connectivity index (χ1) is 7.65. The minimum Gasteiger partial charge on any atom is -0.459 e. The second-order valence-electron chi connectivity index (χ2n) is 5.94. The van der Waals surface area contributed by atoms with Gasteiger partial charge in [0, 0.05) is 5.57 Å². The van der Waals surface area contributed by atoms with Gasteiger partial charge in [0.15, 0.2) is 0 Å². The highest BCUT2D eigenvalue weighted by atomic mass is 16.5. The first kappa shape index (κ1) is 10.4. The molecule has 0 aromatic carbocycles. The summed E-state index contributed by atoms with van der Waals surface area (Å²) in [4.78, 5) is 11.5. The molecule has 16 heavy (non-hydrogen) atoms. The quantitative estimate of drug-likeness (QED) is 0.528. The molecule has 0 aromatic rings. The Morgan fingerprint density at radius 3 is 2.19 bits per heavy atom. The maximum atomic E-state index is 11.5. The van der Waals surface area contributed by atoms with Gasteiger partial charge in [0.2, 0.25) is 0 Å². The Kier molecular flexibility index (Phi) is 2.34. The minimum absolute atomic E-state index is 0.183. The van der Waals surface area contributed by atoms with Crippen LogP contribution >= 0.6 is 0 Å². The van der Waals surface area contributed by atoms with Gasteiger partial charge in [-0.25, -0.2) is 4.79 Å². The molecule has 0 aromatic heterocycles. The number of hydrogen-bond acceptors (Lipinski definition) is 2. The molecule has 3 saturated carbocycles. The van der Waals surface area contributed by atoms with Crippen LogP contribution in [-0.2, 0) is 9.53 Å². The Labute approximate surface area is 97.1 Å². The van der Waals surface area contributed by atoms with Crippen molar-refractivity contribution in [1.29, 1.82) is 0 Å². The highest BCUT2D eigenvalue weighted by molar-refractivity contribution is 5.87. The lowest BCUT2D eigenvalue weighted by Crippen LogP contribution is -2.16. The van der Waals surface area contributed by atoms with E-state index in [1.165, 1.54) is 19.3 Å². The third kappa shape index (κ3) is 1.50. The molecule has 3 aliphatic rings. The van der Waals surface area contributed by atoms with Gasteiger partial charge in [-0.1, -0.05) is 6.58 Å².